The van der Waals surface area contributed by atoms with Gasteiger partial charge in [-0.25, -0.2) is 0 Å². The number of hydrogen-bond donors (Lipinski definition) is 1. The summed E-state index contributed by atoms with van der Waals surface area (Å²) >= 11 is 6.25. The first-order valence-electron chi connectivity index (χ1n) is 7.66. The predicted octanol–water partition coefficient (Wildman–Crippen LogP) is 3.11. The van der Waals surface area contributed by atoms with Gasteiger partial charge in [0.15, 0.2) is 0 Å². The highest BCUT2D eigenvalue weighted by molar-refractivity contribution is 6.33. The lowest BCUT2D eigenvalue weighted by Crippen LogP contribution is -2.34. The van der Waals surface area contributed by atoms with Crippen molar-refractivity contribution in [2.75, 3.05) is 19.6 Å². The molecule has 0 radical (unpaired) electrons. The van der Waals surface area contributed by atoms with Gasteiger partial charge in [0.25, 0.3) is 5.91 Å². The van der Waals surface area contributed by atoms with E-state index in [9.17, 15) is 4.79 Å². The van der Waals surface area contributed by atoms with E-state index in [2.05, 4.69) is 12.1 Å². The molecule has 1 atom stereocenters. The quantitative estimate of drug-likeness (QED) is 0.936. The lowest BCUT2D eigenvalue weighted by Gasteiger charge is -2.22. The number of aromatic nitrogens is 1. The van der Waals surface area contributed by atoms with Crippen LogP contribution in [0.2, 0.25) is 5.02 Å². The number of hydrogen-bond acceptors (Lipinski definition) is 4. The Labute approximate surface area is 140 Å². The maximum atomic E-state index is 13.0. The fourth-order valence-corrected chi connectivity index (χ4v) is 3.21. The fourth-order valence-electron chi connectivity index (χ4n) is 2.98. The molecule has 1 aliphatic rings. The molecule has 2 aromatic rings. The average Bonchev–Trinajstić information content (AvgIpc) is 3.11. The van der Waals surface area contributed by atoms with Crippen LogP contribution >= 0.6 is 11.6 Å². The van der Waals surface area contributed by atoms with Gasteiger partial charge < -0.3 is 15.2 Å². The standard InChI is InChI=1S/C17H20ClN3O2/c1-11-14(16(22)21-8-7-17(2,9-19)10-21)15(20-23-11)12-5-3-4-6-13(12)18/h3-6H,7-10,19H2,1-2H3. The second-order valence-electron chi connectivity index (χ2n) is 6.43. The number of rotatable bonds is 3. The Morgan fingerprint density at radius 2 is 2.22 bits per heavy atom. The summed E-state index contributed by atoms with van der Waals surface area (Å²) in [7, 11) is 0. The molecule has 2 heterocycles. The Morgan fingerprint density at radius 3 is 2.87 bits per heavy atom. The van der Waals surface area contributed by atoms with Crippen LogP contribution in [0.3, 0.4) is 0 Å². The Hall–Kier alpha value is -1.85. The van der Waals surface area contributed by atoms with E-state index in [-0.39, 0.29) is 11.3 Å². The van der Waals surface area contributed by atoms with Crippen LogP contribution in [0.5, 0.6) is 0 Å². The molecule has 3 rings (SSSR count). The second-order valence-corrected chi connectivity index (χ2v) is 6.84. The van der Waals surface area contributed by atoms with E-state index in [0.29, 0.717) is 47.2 Å². The van der Waals surface area contributed by atoms with Crippen molar-refractivity contribution in [1.29, 1.82) is 0 Å². The van der Waals surface area contributed by atoms with Crippen LogP contribution in [-0.4, -0.2) is 35.6 Å². The van der Waals surface area contributed by atoms with Crippen molar-refractivity contribution in [3.05, 3.63) is 40.6 Å². The predicted molar refractivity (Wildman–Crippen MR) is 89.4 cm³/mol. The third-order valence-electron chi connectivity index (χ3n) is 4.54. The van der Waals surface area contributed by atoms with E-state index < -0.39 is 0 Å². The Bertz CT molecular complexity index is 743. The maximum absolute atomic E-state index is 13.0. The molecule has 23 heavy (non-hydrogen) atoms. The van der Waals surface area contributed by atoms with E-state index in [1.807, 2.05) is 23.1 Å². The summed E-state index contributed by atoms with van der Waals surface area (Å²) in [5.41, 5.74) is 7.50. The summed E-state index contributed by atoms with van der Waals surface area (Å²) in [4.78, 5) is 14.8. The van der Waals surface area contributed by atoms with E-state index in [1.165, 1.54) is 0 Å². The molecule has 1 aliphatic heterocycles. The minimum absolute atomic E-state index is 0.0225. The topological polar surface area (TPSA) is 72.4 Å². The summed E-state index contributed by atoms with van der Waals surface area (Å²) in [5.74, 6) is 0.433. The summed E-state index contributed by atoms with van der Waals surface area (Å²) in [5, 5.41) is 4.61. The first-order chi connectivity index (χ1) is 10.9. The fraction of sp³-hybridized carbons (Fsp3) is 0.412. The van der Waals surface area contributed by atoms with E-state index >= 15 is 0 Å². The molecule has 1 amide bonds. The highest BCUT2D eigenvalue weighted by Crippen LogP contribution is 2.34. The molecule has 5 nitrogen and oxygen atoms in total. The minimum Gasteiger partial charge on any atom is -0.360 e. The molecule has 1 fully saturated rings. The first kappa shape index (κ1) is 16.0. The Kier molecular flexibility index (Phi) is 4.17. The van der Waals surface area contributed by atoms with Gasteiger partial charge in [0.1, 0.15) is 17.0 Å². The van der Waals surface area contributed by atoms with Gasteiger partial charge in [-0.1, -0.05) is 41.9 Å². The Morgan fingerprint density at radius 1 is 1.48 bits per heavy atom. The molecule has 1 aromatic carbocycles. The van der Waals surface area contributed by atoms with Gasteiger partial charge in [-0.2, -0.15) is 0 Å². The number of aryl methyl sites for hydroxylation is 1. The van der Waals surface area contributed by atoms with Crippen molar-refractivity contribution in [2.24, 2.45) is 11.1 Å². The van der Waals surface area contributed by atoms with Crippen LogP contribution in [-0.2, 0) is 0 Å². The van der Waals surface area contributed by atoms with Crippen LogP contribution < -0.4 is 5.73 Å². The zero-order valence-corrected chi connectivity index (χ0v) is 14.1. The number of benzene rings is 1. The molecule has 6 heteroatoms. The van der Waals surface area contributed by atoms with Crippen LogP contribution in [0.15, 0.2) is 28.8 Å². The average molecular weight is 334 g/mol. The van der Waals surface area contributed by atoms with Gasteiger partial charge in [-0.15, -0.1) is 0 Å². The van der Waals surface area contributed by atoms with Crippen molar-refractivity contribution in [2.45, 2.75) is 20.3 Å². The highest BCUT2D eigenvalue weighted by atomic mass is 35.5. The molecule has 1 saturated heterocycles. The molecule has 1 unspecified atom stereocenters. The van der Waals surface area contributed by atoms with Crippen LogP contribution in [0.4, 0.5) is 0 Å². The Balaban J connectivity index is 1.97. The van der Waals surface area contributed by atoms with Gasteiger partial charge in [0, 0.05) is 18.7 Å². The van der Waals surface area contributed by atoms with Gasteiger partial charge in [0.2, 0.25) is 0 Å². The third-order valence-corrected chi connectivity index (χ3v) is 4.87. The van der Waals surface area contributed by atoms with Crippen LogP contribution in [0.25, 0.3) is 11.3 Å². The highest BCUT2D eigenvalue weighted by Gasteiger charge is 2.37. The maximum Gasteiger partial charge on any atom is 0.259 e. The monoisotopic (exact) mass is 333 g/mol. The SMILES string of the molecule is Cc1onc(-c2ccccc2Cl)c1C(=O)N1CCC(C)(CN)C1. The van der Waals surface area contributed by atoms with Crippen molar-refractivity contribution >= 4 is 17.5 Å². The smallest absolute Gasteiger partial charge is 0.259 e. The molecule has 122 valence electrons. The number of halogens is 1. The van der Waals surface area contributed by atoms with Gasteiger partial charge in [0.05, 0.1) is 5.02 Å². The zero-order chi connectivity index (χ0) is 16.6. The molecule has 0 saturated carbocycles. The molecular formula is C17H20ClN3O2. The zero-order valence-electron chi connectivity index (χ0n) is 13.3. The number of nitrogens with two attached hydrogens (primary N) is 1. The summed E-state index contributed by atoms with van der Waals surface area (Å²) in [6.07, 6.45) is 0.904. The summed E-state index contributed by atoms with van der Waals surface area (Å²) in [6, 6.07) is 7.31. The van der Waals surface area contributed by atoms with Crippen molar-refractivity contribution < 1.29 is 9.32 Å². The largest absolute Gasteiger partial charge is 0.360 e. The lowest BCUT2D eigenvalue weighted by atomic mass is 9.90. The molecule has 0 spiro atoms. The molecule has 1 aromatic heterocycles. The van der Waals surface area contributed by atoms with E-state index in [0.717, 1.165) is 6.42 Å². The molecule has 2 N–H and O–H groups in total. The van der Waals surface area contributed by atoms with Crippen LogP contribution in [0.1, 0.15) is 29.5 Å². The van der Waals surface area contributed by atoms with Crippen molar-refractivity contribution in [3.8, 4) is 11.3 Å². The van der Waals surface area contributed by atoms with Gasteiger partial charge in [-0.3, -0.25) is 4.79 Å². The number of nitrogens with zero attached hydrogens (tertiary/aromatic N) is 2. The van der Waals surface area contributed by atoms with Gasteiger partial charge >= 0.3 is 0 Å². The van der Waals surface area contributed by atoms with Crippen LogP contribution in [0, 0.1) is 12.3 Å². The lowest BCUT2D eigenvalue weighted by molar-refractivity contribution is 0.0776. The van der Waals surface area contributed by atoms with Gasteiger partial charge in [-0.05, 0) is 31.4 Å². The molecule has 0 bridgehead atoms. The van der Waals surface area contributed by atoms with Crippen molar-refractivity contribution in [3.63, 3.8) is 0 Å². The summed E-state index contributed by atoms with van der Waals surface area (Å²) < 4.78 is 5.28. The number of likely N-dealkylation sites (tertiary alicyclic amines) is 1. The van der Waals surface area contributed by atoms with Crippen molar-refractivity contribution in [1.82, 2.24) is 10.1 Å². The number of carbonyl (C=O) groups excluding carboxylic acids is 1. The summed E-state index contributed by atoms with van der Waals surface area (Å²) in [6.45, 7) is 5.76. The number of carbonyl (C=O) groups is 1. The minimum atomic E-state index is -0.0733. The third kappa shape index (κ3) is 2.86. The molecular weight excluding hydrogens is 314 g/mol. The van der Waals surface area contributed by atoms with E-state index in [4.69, 9.17) is 21.9 Å². The first-order valence-corrected chi connectivity index (χ1v) is 8.03. The number of amides is 1. The second kappa shape index (κ2) is 5.98. The van der Waals surface area contributed by atoms with E-state index in [1.54, 1.807) is 13.0 Å². The molecule has 0 aliphatic carbocycles. The normalized spacial score (nSPS) is 21.0.